The van der Waals surface area contributed by atoms with Gasteiger partial charge in [0.15, 0.2) is 0 Å². The lowest BCUT2D eigenvalue weighted by Gasteiger charge is -2.37. The van der Waals surface area contributed by atoms with E-state index >= 15 is 0 Å². The molecular formula is C19H30P+. The van der Waals surface area contributed by atoms with Crippen molar-refractivity contribution in [3.63, 3.8) is 0 Å². The molecule has 0 heterocycles. The molecule has 0 bridgehead atoms. The Morgan fingerprint density at radius 2 is 1.35 bits per heavy atom. The highest BCUT2D eigenvalue weighted by molar-refractivity contribution is 7.84. The Kier molecular flexibility index (Phi) is 4.82. The van der Waals surface area contributed by atoms with Gasteiger partial charge < -0.3 is 0 Å². The van der Waals surface area contributed by atoms with Crippen molar-refractivity contribution >= 4 is 12.6 Å². The first-order valence-corrected chi connectivity index (χ1v) is 10.9. The Hall–Kier alpha value is -0.350. The molecule has 2 fully saturated rings. The van der Waals surface area contributed by atoms with Crippen molar-refractivity contribution in [3.8, 4) is 0 Å². The summed E-state index contributed by atoms with van der Waals surface area (Å²) in [6.45, 7) is 2.42. The Morgan fingerprint density at radius 1 is 0.850 bits per heavy atom. The zero-order chi connectivity index (χ0) is 13.8. The predicted molar refractivity (Wildman–Crippen MR) is 92.7 cm³/mol. The molecule has 1 aromatic rings. The summed E-state index contributed by atoms with van der Waals surface area (Å²) < 4.78 is 0. The van der Waals surface area contributed by atoms with Crippen LogP contribution in [-0.2, 0) is 0 Å². The second-order valence-electron chi connectivity index (χ2n) is 6.87. The molecule has 0 saturated heterocycles. The highest BCUT2D eigenvalue weighted by Crippen LogP contribution is 2.72. The van der Waals surface area contributed by atoms with Gasteiger partial charge in [-0.05, 0) is 69.9 Å². The minimum atomic E-state index is -0.944. The maximum atomic E-state index is 2.49. The molecule has 1 aromatic carbocycles. The van der Waals surface area contributed by atoms with Gasteiger partial charge >= 0.3 is 0 Å². The zero-order valence-corrected chi connectivity index (χ0v) is 14.0. The second kappa shape index (κ2) is 6.61. The van der Waals surface area contributed by atoms with Gasteiger partial charge in [0.05, 0.1) is 30.0 Å². The van der Waals surface area contributed by atoms with Crippen molar-refractivity contribution < 1.29 is 0 Å². The maximum Gasteiger partial charge on any atom is 0.0945 e. The third kappa shape index (κ3) is 2.57. The fraction of sp³-hybridized carbons (Fsp3) is 0.684. The molecule has 0 unspecified atom stereocenters. The minimum absolute atomic E-state index is 0.944. The lowest BCUT2D eigenvalue weighted by Crippen LogP contribution is -2.31. The van der Waals surface area contributed by atoms with Crippen LogP contribution in [0, 0.1) is 0 Å². The van der Waals surface area contributed by atoms with Crippen LogP contribution in [0.15, 0.2) is 30.3 Å². The molecule has 2 aliphatic rings. The molecule has 2 saturated carbocycles. The SMILES string of the molecule is CCC[P+](c1ccccc1)(C1CCCC1)C1CCCC1. The Balaban J connectivity index is 2.02. The topological polar surface area (TPSA) is 0 Å². The lowest BCUT2D eigenvalue weighted by atomic mass is 10.3. The molecule has 0 N–H and O–H groups in total. The van der Waals surface area contributed by atoms with Gasteiger partial charge in [0.2, 0.25) is 0 Å². The van der Waals surface area contributed by atoms with Crippen LogP contribution in [0.4, 0.5) is 0 Å². The first kappa shape index (κ1) is 14.6. The first-order valence-electron chi connectivity index (χ1n) is 8.81. The summed E-state index contributed by atoms with van der Waals surface area (Å²) in [5.41, 5.74) is 2.13. The Morgan fingerprint density at radius 3 is 1.80 bits per heavy atom. The van der Waals surface area contributed by atoms with Crippen LogP contribution in [0.3, 0.4) is 0 Å². The van der Waals surface area contributed by atoms with Crippen LogP contribution in [0.25, 0.3) is 0 Å². The predicted octanol–water partition coefficient (Wildman–Crippen LogP) is 5.62. The van der Waals surface area contributed by atoms with E-state index in [0.29, 0.717) is 0 Å². The van der Waals surface area contributed by atoms with Crippen molar-refractivity contribution in [1.29, 1.82) is 0 Å². The summed E-state index contributed by atoms with van der Waals surface area (Å²) in [4.78, 5) is 0. The van der Waals surface area contributed by atoms with Gasteiger partial charge in [-0.25, -0.2) is 0 Å². The van der Waals surface area contributed by atoms with E-state index in [1.807, 2.05) is 0 Å². The van der Waals surface area contributed by atoms with E-state index in [1.54, 1.807) is 5.30 Å². The van der Waals surface area contributed by atoms with Gasteiger partial charge in [-0.1, -0.05) is 25.1 Å². The van der Waals surface area contributed by atoms with E-state index in [-0.39, 0.29) is 0 Å². The van der Waals surface area contributed by atoms with E-state index in [4.69, 9.17) is 0 Å². The van der Waals surface area contributed by atoms with E-state index in [0.717, 1.165) is 11.3 Å². The summed E-state index contributed by atoms with van der Waals surface area (Å²) in [6, 6.07) is 11.8. The van der Waals surface area contributed by atoms with Gasteiger partial charge in [-0.15, -0.1) is 0 Å². The van der Waals surface area contributed by atoms with E-state index < -0.39 is 7.26 Å². The minimum Gasteiger partial charge on any atom is -0.0620 e. The number of hydrogen-bond acceptors (Lipinski definition) is 0. The average Bonchev–Trinajstić information content (AvgIpc) is 3.19. The molecule has 0 aromatic heterocycles. The van der Waals surface area contributed by atoms with Crippen molar-refractivity contribution in [2.45, 2.75) is 76.0 Å². The maximum absolute atomic E-state index is 2.49. The number of benzene rings is 1. The first-order chi connectivity index (χ1) is 9.88. The molecule has 0 radical (unpaired) electrons. The fourth-order valence-electron chi connectivity index (χ4n) is 5.02. The largest absolute Gasteiger partial charge is 0.0945 e. The van der Waals surface area contributed by atoms with Crippen LogP contribution < -0.4 is 5.30 Å². The highest BCUT2D eigenvalue weighted by Gasteiger charge is 2.54. The van der Waals surface area contributed by atoms with Gasteiger partial charge in [-0.3, -0.25) is 0 Å². The Labute approximate surface area is 125 Å². The lowest BCUT2D eigenvalue weighted by molar-refractivity contribution is 0.806. The molecule has 110 valence electrons. The summed E-state index contributed by atoms with van der Waals surface area (Å²) in [5.74, 6) is 0. The summed E-state index contributed by atoms with van der Waals surface area (Å²) in [5, 5.41) is 1.78. The highest BCUT2D eigenvalue weighted by atomic mass is 31.2. The molecule has 0 aliphatic heterocycles. The summed E-state index contributed by atoms with van der Waals surface area (Å²) in [6.07, 6.45) is 15.0. The van der Waals surface area contributed by atoms with Crippen molar-refractivity contribution in [1.82, 2.24) is 0 Å². The smallest absolute Gasteiger partial charge is 0.0620 e. The van der Waals surface area contributed by atoms with Gasteiger partial charge in [0.1, 0.15) is 0 Å². The van der Waals surface area contributed by atoms with E-state index in [2.05, 4.69) is 37.3 Å². The van der Waals surface area contributed by atoms with Gasteiger partial charge in [0, 0.05) is 0 Å². The summed E-state index contributed by atoms with van der Waals surface area (Å²) in [7, 11) is -0.944. The monoisotopic (exact) mass is 289 g/mol. The molecule has 2 aliphatic carbocycles. The standard InChI is InChI=1S/C19H30P/c1-2-16-20(18-12-6-7-13-18,19-14-8-9-15-19)17-10-4-3-5-11-17/h3-5,10-11,18-19H,2,6-9,12-16H2,1H3/q+1. The Bertz CT molecular complexity index is 383. The van der Waals surface area contributed by atoms with E-state index in [1.165, 1.54) is 63.9 Å². The molecule has 0 amide bonds. The van der Waals surface area contributed by atoms with Crippen LogP contribution in [0.1, 0.15) is 64.7 Å². The van der Waals surface area contributed by atoms with E-state index in [9.17, 15) is 0 Å². The summed E-state index contributed by atoms with van der Waals surface area (Å²) >= 11 is 0. The molecular weight excluding hydrogens is 259 g/mol. The van der Waals surface area contributed by atoms with Crippen LogP contribution in [-0.4, -0.2) is 17.5 Å². The quantitative estimate of drug-likeness (QED) is 0.617. The normalized spacial score (nSPS) is 21.6. The molecule has 0 nitrogen and oxygen atoms in total. The van der Waals surface area contributed by atoms with Crippen LogP contribution >= 0.6 is 7.26 Å². The molecule has 1 heteroatoms. The van der Waals surface area contributed by atoms with Crippen molar-refractivity contribution in [2.75, 3.05) is 6.16 Å². The molecule has 3 rings (SSSR count). The third-order valence-corrected chi connectivity index (χ3v) is 11.9. The fourth-order valence-corrected chi connectivity index (χ4v) is 11.5. The van der Waals surface area contributed by atoms with Crippen molar-refractivity contribution in [2.24, 2.45) is 0 Å². The molecule has 0 atom stereocenters. The van der Waals surface area contributed by atoms with Crippen LogP contribution in [0.2, 0.25) is 0 Å². The van der Waals surface area contributed by atoms with Gasteiger partial charge in [0.25, 0.3) is 0 Å². The number of rotatable bonds is 5. The van der Waals surface area contributed by atoms with Crippen LogP contribution in [0.5, 0.6) is 0 Å². The third-order valence-electron chi connectivity index (χ3n) is 5.78. The zero-order valence-electron chi connectivity index (χ0n) is 13.1. The molecule has 0 spiro atoms. The average molecular weight is 289 g/mol. The van der Waals surface area contributed by atoms with Crippen molar-refractivity contribution in [3.05, 3.63) is 30.3 Å². The number of hydrogen-bond donors (Lipinski definition) is 0. The second-order valence-corrected chi connectivity index (χ2v) is 11.2. The van der Waals surface area contributed by atoms with Gasteiger partial charge in [-0.2, -0.15) is 0 Å². The molecule has 20 heavy (non-hydrogen) atoms.